The number of hydrogen-bond acceptors (Lipinski definition) is 7. The Morgan fingerprint density at radius 2 is 1.56 bits per heavy atom. The molecule has 0 radical (unpaired) electrons. The lowest BCUT2D eigenvalue weighted by molar-refractivity contribution is -0.141. The number of halogens is 6. The lowest BCUT2D eigenvalue weighted by atomic mass is 10.2. The highest BCUT2D eigenvalue weighted by Gasteiger charge is 2.33. The van der Waals surface area contributed by atoms with Crippen molar-refractivity contribution in [3.8, 4) is 34.7 Å². The van der Waals surface area contributed by atoms with Crippen molar-refractivity contribution in [1.29, 1.82) is 0 Å². The molecule has 4 heterocycles. The largest absolute Gasteiger partial charge is 0.433 e. The zero-order chi connectivity index (χ0) is 25.9. The van der Waals surface area contributed by atoms with Gasteiger partial charge in [0.15, 0.2) is 11.6 Å². The molecule has 0 saturated carbocycles. The maximum absolute atomic E-state index is 13.2. The topological polar surface area (TPSA) is 89.4 Å². The summed E-state index contributed by atoms with van der Waals surface area (Å²) in [6.07, 6.45) is -5.57. The molecule has 4 aromatic rings. The minimum absolute atomic E-state index is 0.0148. The van der Waals surface area contributed by atoms with Crippen molar-refractivity contribution in [3.63, 3.8) is 0 Å². The third-order valence-corrected chi connectivity index (χ3v) is 4.48. The van der Waals surface area contributed by atoms with E-state index in [0.717, 1.165) is 24.4 Å². The molecule has 0 atom stereocenters. The normalized spacial score (nSPS) is 11.5. The molecule has 0 spiro atoms. The number of hydrogen-bond donors (Lipinski definition) is 1. The summed E-state index contributed by atoms with van der Waals surface area (Å²) in [5.41, 5.74) is -1.73. The van der Waals surface area contributed by atoms with Crippen molar-refractivity contribution in [3.05, 3.63) is 71.9 Å². The van der Waals surface area contributed by atoms with Crippen LogP contribution in [0.4, 0.5) is 38.0 Å². The first-order valence-corrected chi connectivity index (χ1v) is 10.0. The first kappa shape index (κ1) is 24.5. The van der Waals surface area contributed by atoms with Crippen LogP contribution in [-0.2, 0) is 12.4 Å². The van der Waals surface area contributed by atoms with Gasteiger partial charge in [-0.3, -0.25) is 9.97 Å². The molecule has 0 aliphatic carbocycles. The quantitative estimate of drug-likeness (QED) is 0.290. The number of rotatable bonds is 4. The molecular weight excluding hydrogens is 488 g/mol. The summed E-state index contributed by atoms with van der Waals surface area (Å²) >= 11 is 0. The Balaban J connectivity index is 1.84. The molecule has 0 bridgehead atoms. The molecule has 4 rings (SSSR count). The fourth-order valence-corrected chi connectivity index (χ4v) is 2.96. The molecule has 0 aliphatic heterocycles. The third kappa shape index (κ3) is 5.72. The molecule has 13 heteroatoms. The Bertz CT molecular complexity index is 1470. The van der Waals surface area contributed by atoms with E-state index in [1.54, 1.807) is 13.0 Å². The molecule has 182 valence electrons. The third-order valence-electron chi connectivity index (χ3n) is 4.48. The van der Waals surface area contributed by atoms with Gasteiger partial charge >= 0.3 is 12.4 Å². The van der Waals surface area contributed by atoms with Gasteiger partial charge in [-0.25, -0.2) is 9.97 Å². The van der Waals surface area contributed by atoms with Gasteiger partial charge in [0.25, 0.3) is 0 Å². The average Bonchev–Trinajstić information content (AvgIpc) is 2.83. The summed E-state index contributed by atoms with van der Waals surface area (Å²) < 4.78 is 78.8. The highest BCUT2D eigenvalue weighted by molar-refractivity contribution is 5.64. The molecular formula is C23H13F6N7. The summed E-state index contributed by atoms with van der Waals surface area (Å²) in [4.78, 5) is 23.5. The molecule has 36 heavy (non-hydrogen) atoms. The van der Waals surface area contributed by atoms with Gasteiger partial charge in [0.1, 0.15) is 17.1 Å². The summed E-state index contributed by atoms with van der Waals surface area (Å²) in [7, 11) is 0. The molecule has 0 saturated heterocycles. The van der Waals surface area contributed by atoms with Crippen molar-refractivity contribution in [2.45, 2.75) is 19.3 Å². The Kier molecular flexibility index (Phi) is 6.52. The summed E-state index contributed by atoms with van der Waals surface area (Å²) in [5, 5.41) is 2.62. The van der Waals surface area contributed by atoms with E-state index in [0.29, 0.717) is 11.1 Å². The SMILES string of the molecule is CC#Cc1cncc(-c2nc(Nc3ccnc(C(F)(F)F)c3)nc(-c3cccc(C(F)(F)F)n3)n2)c1. The van der Waals surface area contributed by atoms with E-state index in [1.165, 1.54) is 24.5 Å². The molecule has 4 aromatic heterocycles. The maximum Gasteiger partial charge on any atom is 0.433 e. The van der Waals surface area contributed by atoms with Gasteiger partial charge in [-0.05, 0) is 37.3 Å². The maximum atomic E-state index is 13.2. The van der Waals surface area contributed by atoms with E-state index in [-0.39, 0.29) is 29.0 Å². The van der Waals surface area contributed by atoms with Crippen LogP contribution in [0.3, 0.4) is 0 Å². The van der Waals surface area contributed by atoms with E-state index in [1.807, 2.05) is 0 Å². The molecule has 1 N–H and O–H groups in total. The van der Waals surface area contributed by atoms with Crippen LogP contribution in [0.2, 0.25) is 0 Å². The second kappa shape index (κ2) is 9.57. The molecule has 0 fully saturated rings. The van der Waals surface area contributed by atoms with E-state index in [4.69, 9.17) is 0 Å². The van der Waals surface area contributed by atoms with Gasteiger partial charge in [-0.15, -0.1) is 5.92 Å². The smallest absolute Gasteiger partial charge is 0.324 e. The molecule has 0 aliphatic rings. The lowest BCUT2D eigenvalue weighted by Gasteiger charge is -2.12. The fraction of sp³-hybridized carbons (Fsp3) is 0.130. The molecule has 7 nitrogen and oxygen atoms in total. The highest BCUT2D eigenvalue weighted by Crippen LogP contribution is 2.31. The second-order valence-corrected chi connectivity index (χ2v) is 7.10. The summed E-state index contributed by atoms with van der Waals surface area (Å²) in [6, 6.07) is 6.78. The van der Waals surface area contributed by atoms with Crippen molar-refractivity contribution >= 4 is 11.6 Å². The van der Waals surface area contributed by atoms with E-state index < -0.39 is 23.7 Å². The zero-order valence-corrected chi connectivity index (χ0v) is 18.1. The highest BCUT2D eigenvalue weighted by atomic mass is 19.4. The van der Waals surface area contributed by atoms with Gasteiger partial charge in [0.05, 0.1) is 0 Å². The van der Waals surface area contributed by atoms with Crippen molar-refractivity contribution in [2.75, 3.05) is 5.32 Å². The number of aromatic nitrogens is 6. The number of pyridine rings is 3. The van der Waals surface area contributed by atoms with E-state index >= 15 is 0 Å². The van der Waals surface area contributed by atoms with Gasteiger partial charge in [0, 0.05) is 35.4 Å². The van der Waals surface area contributed by atoms with Gasteiger partial charge in [-0.1, -0.05) is 12.0 Å². The van der Waals surface area contributed by atoms with Crippen LogP contribution in [0.15, 0.2) is 55.0 Å². The second-order valence-electron chi connectivity index (χ2n) is 7.10. The minimum atomic E-state index is -4.71. The standard InChI is InChI=1S/C23H13F6N7/c1-2-4-13-9-14(12-30-11-13)19-34-20(16-5-3-6-17(33-16)22(24,25)26)36-21(35-19)32-15-7-8-31-18(10-15)23(27,28)29/h3,5-12H,1H3,(H,31,32,34,35,36). The van der Waals surface area contributed by atoms with Crippen LogP contribution in [0.1, 0.15) is 23.9 Å². The summed E-state index contributed by atoms with van der Waals surface area (Å²) in [6.45, 7) is 1.62. The van der Waals surface area contributed by atoms with Crippen LogP contribution in [0.5, 0.6) is 0 Å². The average molecular weight is 501 g/mol. The minimum Gasteiger partial charge on any atom is -0.324 e. The van der Waals surface area contributed by atoms with Gasteiger partial charge in [0.2, 0.25) is 5.95 Å². The summed E-state index contributed by atoms with van der Waals surface area (Å²) in [5.74, 6) is 5.03. The van der Waals surface area contributed by atoms with Gasteiger partial charge < -0.3 is 5.32 Å². The monoisotopic (exact) mass is 501 g/mol. The Morgan fingerprint density at radius 3 is 2.28 bits per heavy atom. The number of nitrogens with one attached hydrogen (secondary N) is 1. The van der Waals surface area contributed by atoms with Crippen molar-refractivity contribution in [1.82, 2.24) is 29.9 Å². The Labute approximate surface area is 199 Å². The zero-order valence-electron chi connectivity index (χ0n) is 18.1. The predicted octanol–water partition coefficient (Wildman–Crippen LogP) is 5.54. The molecule has 0 amide bonds. The van der Waals surface area contributed by atoms with Crippen molar-refractivity contribution in [2.24, 2.45) is 0 Å². The number of nitrogens with zero attached hydrogens (tertiary/aromatic N) is 6. The van der Waals surface area contributed by atoms with Gasteiger partial charge in [-0.2, -0.15) is 36.3 Å². The van der Waals surface area contributed by atoms with Crippen LogP contribution in [0.25, 0.3) is 22.9 Å². The van der Waals surface area contributed by atoms with Crippen LogP contribution < -0.4 is 5.32 Å². The van der Waals surface area contributed by atoms with E-state index in [9.17, 15) is 26.3 Å². The first-order chi connectivity index (χ1) is 17.0. The number of alkyl halides is 6. The fourth-order valence-electron chi connectivity index (χ4n) is 2.96. The predicted molar refractivity (Wildman–Crippen MR) is 116 cm³/mol. The Hall–Kier alpha value is -4.60. The van der Waals surface area contributed by atoms with Crippen LogP contribution in [0, 0.1) is 11.8 Å². The van der Waals surface area contributed by atoms with Crippen LogP contribution in [-0.4, -0.2) is 29.9 Å². The number of anilines is 2. The van der Waals surface area contributed by atoms with E-state index in [2.05, 4.69) is 47.1 Å². The lowest BCUT2D eigenvalue weighted by Crippen LogP contribution is -2.10. The van der Waals surface area contributed by atoms with Crippen molar-refractivity contribution < 1.29 is 26.3 Å². The Morgan fingerprint density at radius 1 is 0.806 bits per heavy atom. The first-order valence-electron chi connectivity index (χ1n) is 10.0. The molecule has 0 unspecified atom stereocenters. The molecule has 0 aromatic carbocycles. The van der Waals surface area contributed by atoms with Crippen LogP contribution >= 0.6 is 0 Å².